The van der Waals surface area contributed by atoms with E-state index in [1.165, 1.54) is 6.92 Å². The minimum absolute atomic E-state index is 0.0500. The van der Waals surface area contributed by atoms with Crippen LogP contribution < -0.4 is 11.1 Å². The number of primary amides is 1. The fraction of sp³-hybridized carbons (Fsp3) is 0.538. The lowest BCUT2D eigenvalue weighted by molar-refractivity contribution is -0.118. The Morgan fingerprint density at radius 2 is 2.05 bits per heavy atom. The Labute approximate surface area is 126 Å². The first-order chi connectivity index (χ1) is 9.95. The van der Waals surface area contributed by atoms with E-state index in [4.69, 9.17) is 10.5 Å². The number of unbranched alkanes of at least 4 members (excludes halogenated alkanes) is 1. The summed E-state index contributed by atoms with van der Waals surface area (Å²) in [5, 5.41) is 3.51. The lowest BCUT2D eigenvalue weighted by Gasteiger charge is -2.01. The molecule has 1 aromatic heterocycles. The van der Waals surface area contributed by atoms with Gasteiger partial charge in [0.2, 0.25) is 5.91 Å². The second-order valence-electron chi connectivity index (χ2n) is 4.32. The van der Waals surface area contributed by atoms with Crippen molar-refractivity contribution in [3.8, 4) is 0 Å². The van der Waals surface area contributed by atoms with Gasteiger partial charge in [-0.15, -0.1) is 0 Å². The zero-order valence-electron chi connectivity index (χ0n) is 12.1. The fourth-order valence-electron chi connectivity index (χ4n) is 1.59. The van der Waals surface area contributed by atoms with Crippen LogP contribution in [-0.2, 0) is 9.53 Å². The SMILES string of the molecule is CCOC(=O)c1nc(NCCCCC(N)=O)sc1C(C)=O. The maximum absolute atomic E-state index is 11.7. The molecule has 3 N–H and O–H groups in total. The average molecular weight is 313 g/mol. The number of aromatic nitrogens is 1. The van der Waals surface area contributed by atoms with Crippen LogP contribution in [0.4, 0.5) is 5.13 Å². The van der Waals surface area contributed by atoms with Gasteiger partial charge in [-0.1, -0.05) is 11.3 Å². The number of Topliss-reactive ketones (excluding diaryl/α,β-unsaturated/α-hetero) is 1. The molecule has 1 rings (SSSR count). The lowest BCUT2D eigenvalue weighted by atomic mass is 10.2. The molecule has 0 spiro atoms. The third-order valence-corrected chi connectivity index (χ3v) is 3.66. The number of amides is 1. The van der Waals surface area contributed by atoms with Crippen LogP contribution in [0.2, 0.25) is 0 Å². The van der Waals surface area contributed by atoms with Crippen molar-refractivity contribution in [1.29, 1.82) is 0 Å². The molecule has 0 unspecified atom stereocenters. The molecule has 1 amide bonds. The number of esters is 1. The number of ketones is 1. The van der Waals surface area contributed by atoms with E-state index in [1.54, 1.807) is 6.92 Å². The molecule has 0 bridgehead atoms. The molecule has 0 fully saturated rings. The third-order valence-electron chi connectivity index (χ3n) is 2.54. The molecule has 0 saturated heterocycles. The number of hydrogen-bond acceptors (Lipinski definition) is 7. The molecular weight excluding hydrogens is 294 g/mol. The molecule has 1 aromatic rings. The second kappa shape index (κ2) is 8.35. The topological polar surface area (TPSA) is 111 Å². The van der Waals surface area contributed by atoms with E-state index in [2.05, 4.69) is 10.3 Å². The predicted molar refractivity (Wildman–Crippen MR) is 79.6 cm³/mol. The molecule has 0 radical (unpaired) electrons. The molecule has 0 aliphatic carbocycles. The number of ether oxygens (including phenoxy) is 1. The number of carbonyl (C=O) groups is 3. The fourth-order valence-corrected chi connectivity index (χ4v) is 2.47. The average Bonchev–Trinajstić information content (AvgIpc) is 2.82. The summed E-state index contributed by atoms with van der Waals surface area (Å²) >= 11 is 1.12. The van der Waals surface area contributed by atoms with Gasteiger partial charge in [-0.05, 0) is 19.8 Å². The Morgan fingerprint density at radius 3 is 2.62 bits per heavy atom. The van der Waals surface area contributed by atoms with Crippen molar-refractivity contribution in [3.63, 3.8) is 0 Å². The van der Waals surface area contributed by atoms with E-state index in [1.807, 2.05) is 0 Å². The van der Waals surface area contributed by atoms with Crippen molar-refractivity contribution in [2.75, 3.05) is 18.5 Å². The molecule has 0 saturated carbocycles. The summed E-state index contributed by atoms with van der Waals surface area (Å²) in [7, 11) is 0. The summed E-state index contributed by atoms with van der Waals surface area (Å²) in [5.41, 5.74) is 5.10. The van der Waals surface area contributed by atoms with Crippen molar-refractivity contribution in [2.24, 2.45) is 5.73 Å². The first kappa shape index (κ1) is 17.1. The van der Waals surface area contributed by atoms with Crippen molar-refractivity contribution in [1.82, 2.24) is 4.98 Å². The van der Waals surface area contributed by atoms with Gasteiger partial charge >= 0.3 is 5.97 Å². The molecular formula is C13H19N3O4S. The largest absolute Gasteiger partial charge is 0.461 e. The monoisotopic (exact) mass is 313 g/mol. The molecule has 0 atom stereocenters. The minimum Gasteiger partial charge on any atom is -0.461 e. The molecule has 7 nitrogen and oxygen atoms in total. The number of thiazole rings is 1. The smallest absolute Gasteiger partial charge is 0.358 e. The third kappa shape index (κ3) is 5.50. The van der Waals surface area contributed by atoms with Gasteiger partial charge in [0, 0.05) is 19.9 Å². The van der Waals surface area contributed by atoms with Gasteiger partial charge in [-0.25, -0.2) is 9.78 Å². The first-order valence-corrected chi connectivity index (χ1v) is 7.48. The Bertz CT molecular complexity index is 527. The number of anilines is 1. The van der Waals surface area contributed by atoms with Crippen LogP contribution in [0, 0.1) is 0 Å². The molecule has 0 aliphatic heterocycles. The summed E-state index contributed by atoms with van der Waals surface area (Å²) in [6.07, 6.45) is 1.76. The van der Waals surface area contributed by atoms with Gasteiger partial charge in [0.25, 0.3) is 0 Å². The molecule has 116 valence electrons. The molecule has 21 heavy (non-hydrogen) atoms. The first-order valence-electron chi connectivity index (χ1n) is 6.66. The van der Waals surface area contributed by atoms with E-state index < -0.39 is 5.97 Å². The molecule has 8 heteroatoms. The number of nitrogens with one attached hydrogen (secondary N) is 1. The van der Waals surface area contributed by atoms with Crippen LogP contribution in [0.25, 0.3) is 0 Å². The quantitative estimate of drug-likeness (QED) is 0.407. The van der Waals surface area contributed by atoms with Crippen molar-refractivity contribution < 1.29 is 19.1 Å². The highest BCUT2D eigenvalue weighted by Gasteiger charge is 2.22. The van der Waals surface area contributed by atoms with Crippen LogP contribution in [0.1, 0.15) is 53.3 Å². The number of nitrogens with zero attached hydrogens (tertiary/aromatic N) is 1. The standard InChI is InChI=1S/C13H19N3O4S/c1-3-20-12(19)10-11(8(2)17)21-13(16-10)15-7-5-4-6-9(14)18/h3-7H2,1-2H3,(H2,14,18)(H,15,16). The van der Waals surface area contributed by atoms with Crippen LogP contribution in [-0.4, -0.2) is 35.8 Å². The highest BCUT2D eigenvalue weighted by Crippen LogP contribution is 2.24. The zero-order chi connectivity index (χ0) is 15.8. The molecule has 1 heterocycles. The van der Waals surface area contributed by atoms with E-state index >= 15 is 0 Å². The normalized spacial score (nSPS) is 10.2. The number of carbonyl (C=O) groups excluding carboxylic acids is 3. The lowest BCUT2D eigenvalue weighted by Crippen LogP contribution is -2.11. The Hall–Kier alpha value is -1.96. The van der Waals surface area contributed by atoms with Crippen LogP contribution in [0.3, 0.4) is 0 Å². The Kier molecular flexibility index (Phi) is 6.80. The number of nitrogens with two attached hydrogens (primary N) is 1. The van der Waals surface area contributed by atoms with E-state index in [-0.39, 0.29) is 28.9 Å². The van der Waals surface area contributed by atoms with Gasteiger partial charge in [-0.2, -0.15) is 0 Å². The minimum atomic E-state index is -0.597. The van der Waals surface area contributed by atoms with Crippen molar-refractivity contribution in [2.45, 2.75) is 33.1 Å². The second-order valence-corrected chi connectivity index (χ2v) is 5.32. The van der Waals surface area contributed by atoms with Gasteiger partial charge in [0.1, 0.15) is 4.88 Å². The Balaban J connectivity index is 2.63. The summed E-state index contributed by atoms with van der Waals surface area (Å²) < 4.78 is 4.88. The highest BCUT2D eigenvalue weighted by molar-refractivity contribution is 7.17. The van der Waals surface area contributed by atoms with Gasteiger partial charge in [-0.3, -0.25) is 9.59 Å². The zero-order valence-corrected chi connectivity index (χ0v) is 12.9. The summed E-state index contributed by atoms with van der Waals surface area (Å²) in [4.78, 5) is 38.2. The molecule has 0 aromatic carbocycles. The predicted octanol–water partition coefficient (Wildman–Crippen LogP) is 1.59. The van der Waals surface area contributed by atoms with Crippen LogP contribution in [0.15, 0.2) is 0 Å². The number of hydrogen-bond donors (Lipinski definition) is 2. The van der Waals surface area contributed by atoms with Crippen LogP contribution in [0.5, 0.6) is 0 Å². The van der Waals surface area contributed by atoms with Gasteiger partial charge < -0.3 is 15.8 Å². The van der Waals surface area contributed by atoms with Crippen molar-refractivity contribution >= 4 is 34.1 Å². The maximum atomic E-state index is 11.7. The van der Waals surface area contributed by atoms with Crippen LogP contribution >= 0.6 is 11.3 Å². The van der Waals surface area contributed by atoms with E-state index in [0.29, 0.717) is 24.5 Å². The van der Waals surface area contributed by atoms with Gasteiger partial charge in [0.15, 0.2) is 16.6 Å². The highest BCUT2D eigenvalue weighted by atomic mass is 32.1. The van der Waals surface area contributed by atoms with E-state index in [0.717, 1.165) is 17.8 Å². The number of rotatable bonds is 9. The molecule has 0 aliphatic rings. The van der Waals surface area contributed by atoms with Gasteiger partial charge in [0.05, 0.1) is 6.61 Å². The summed E-state index contributed by atoms with van der Waals surface area (Å²) in [6, 6.07) is 0. The Morgan fingerprint density at radius 1 is 1.33 bits per heavy atom. The van der Waals surface area contributed by atoms with Crippen molar-refractivity contribution in [3.05, 3.63) is 10.6 Å². The van der Waals surface area contributed by atoms with E-state index in [9.17, 15) is 14.4 Å². The maximum Gasteiger partial charge on any atom is 0.358 e. The summed E-state index contributed by atoms with van der Waals surface area (Å²) in [6.45, 7) is 3.88. The summed E-state index contributed by atoms with van der Waals surface area (Å²) in [5.74, 6) is -1.15.